The lowest BCUT2D eigenvalue weighted by atomic mass is 10.1. The molecule has 4 aromatic rings. The van der Waals surface area contributed by atoms with Gasteiger partial charge in [-0.25, -0.2) is 16.8 Å². The van der Waals surface area contributed by atoms with Gasteiger partial charge in [-0.3, -0.25) is 9.88 Å². The molecule has 0 bridgehead atoms. The normalized spacial score (nSPS) is 12.0. The predicted molar refractivity (Wildman–Crippen MR) is 157 cm³/mol. The number of rotatable bonds is 14. The van der Waals surface area contributed by atoms with Crippen LogP contribution in [0.1, 0.15) is 16.7 Å². The Bertz CT molecular complexity index is 1580. The number of nitrogens with zero attached hydrogens (tertiary/aromatic N) is 3. The van der Waals surface area contributed by atoms with Gasteiger partial charge in [-0.05, 0) is 34.9 Å². The molecule has 0 aliphatic heterocycles. The summed E-state index contributed by atoms with van der Waals surface area (Å²) in [6.45, 7) is 0.702. The van der Waals surface area contributed by atoms with Gasteiger partial charge in [0.1, 0.15) is 0 Å². The lowest BCUT2D eigenvalue weighted by molar-refractivity contribution is 0.271. The van der Waals surface area contributed by atoms with Crippen molar-refractivity contribution in [3.63, 3.8) is 0 Å². The topological polar surface area (TPSA) is 106 Å². The molecule has 0 radical (unpaired) electrons. The lowest BCUT2D eigenvalue weighted by Crippen LogP contribution is -2.40. The van der Waals surface area contributed by atoms with E-state index in [0.29, 0.717) is 28.1 Å². The summed E-state index contributed by atoms with van der Waals surface area (Å²) in [5.41, 5.74) is 2.47. The fourth-order valence-electron chi connectivity index (χ4n) is 4.31. The zero-order chi connectivity index (χ0) is 29.3. The summed E-state index contributed by atoms with van der Waals surface area (Å²) in [5, 5.41) is 0. The highest BCUT2D eigenvalue weighted by atomic mass is 32.3. The fraction of sp³-hybridized carbons (Fsp3) is 0.233. The van der Waals surface area contributed by atoms with E-state index in [-0.39, 0.29) is 17.2 Å². The Morgan fingerprint density at radius 3 is 1.80 bits per heavy atom. The highest BCUT2D eigenvalue weighted by molar-refractivity contribution is 8.04. The zero-order valence-electron chi connectivity index (χ0n) is 23.0. The minimum absolute atomic E-state index is 0.108. The van der Waals surface area contributed by atoms with Gasteiger partial charge < -0.3 is 9.47 Å². The summed E-state index contributed by atoms with van der Waals surface area (Å²) in [7, 11) is -6.04. The monoisotopic (exact) mass is 595 g/mol. The maximum Gasteiger partial charge on any atom is 0.256 e. The maximum atomic E-state index is 13.9. The van der Waals surface area contributed by atoms with Crippen LogP contribution < -0.4 is 9.47 Å². The first-order chi connectivity index (χ1) is 19.7. The number of pyridine rings is 1. The molecule has 1 aromatic heterocycles. The van der Waals surface area contributed by atoms with Gasteiger partial charge in [-0.15, -0.1) is 0 Å². The molecule has 9 nitrogen and oxygen atoms in total. The van der Waals surface area contributed by atoms with Crippen LogP contribution in [0.2, 0.25) is 0 Å². The summed E-state index contributed by atoms with van der Waals surface area (Å²) < 4.78 is 66.6. The number of methoxy groups -OCH3 is 2. The van der Waals surface area contributed by atoms with Crippen molar-refractivity contribution in [1.82, 2.24) is 13.6 Å². The molecule has 0 saturated heterocycles. The molecular weight excluding hydrogens is 562 g/mol. The number of sulfonamides is 2. The third kappa shape index (κ3) is 7.92. The van der Waals surface area contributed by atoms with Crippen molar-refractivity contribution in [2.24, 2.45) is 0 Å². The van der Waals surface area contributed by atoms with Gasteiger partial charge in [0.2, 0.25) is 10.0 Å². The molecule has 41 heavy (non-hydrogen) atoms. The van der Waals surface area contributed by atoms with Crippen molar-refractivity contribution < 1.29 is 26.3 Å². The van der Waals surface area contributed by atoms with Gasteiger partial charge in [0, 0.05) is 38.1 Å². The van der Waals surface area contributed by atoms with E-state index >= 15 is 0 Å². The molecule has 1 heterocycles. The zero-order valence-corrected chi connectivity index (χ0v) is 24.6. The summed E-state index contributed by atoms with van der Waals surface area (Å²) in [6.07, 6.45) is 2.99. The fourth-order valence-corrected chi connectivity index (χ4v) is 8.08. The Balaban J connectivity index is 1.66. The molecule has 216 valence electrons. The van der Waals surface area contributed by atoms with Gasteiger partial charge >= 0.3 is 0 Å². The van der Waals surface area contributed by atoms with Crippen molar-refractivity contribution in [1.29, 1.82) is 0 Å². The molecule has 0 spiro atoms. The van der Waals surface area contributed by atoms with Crippen molar-refractivity contribution in [2.75, 3.05) is 26.5 Å². The molecule has 0 fully saturated rings. The predicted octanol–water partition coefficient (Wildman–Crippen LogP) is 4.32. The highest BCUT2D eigenvalue weighted by Gasteiger charge is 2.36. The van der Waals surface area contributed by atoms with Crippen LogP contribution in [0.3, 0.4) is 0 Å². The van der Waals surface area contributed by atoms with Crippen LogP contribution in [0.25, 0.3) is 0 Å². The molecule has 0 aliphatic rings. The second-order valence-electron chi connectivity index (χ2n) is 9.31. The molecule has 0 saturated carbocycles. The largest absolute Gasteiger partial charge is 0.493 e. The number of aromatic nitrogens is 1. The third-order valence-electron chi connectivity index (χ3n) is 6.43. The highest BCUT2D eigenvalue weighted by Crippen LogP contribution is 2.32. The van der Waals surface area contributed by atoms with E-state index in [4.69, 9.17) is 9.47 Å². The SMILES string of the molecule is COc1ccc(S(=O)(=O)N(Cc2cccnc2)S(=O)(=O)CCN(Cc2ccccc2)Cc2ccccc2)cc1OC. The van der Waals surface area contributed by atoms with Gasteiger partial charge in [0.05, 0.1) is 31.4 Å². The summed E-state index contributed by atoms with van der Waals surface area (Å²) in [5.74, 6) is 0.0780. The van der Waals surface area contributed by atoms with Crippen molar-refractivity contribution >= 4 is 20.0 Å². The number of hydrogen-bond donors (Lipinski definition) is 0. The van der Waals surface area contributed by atoms with E-state index in [1.54, 1.807) is 12.1 Å². The minimum Gasteiger partial charge on any atom is -0.493 e. The van der Waals surface area contributed by atoms with Crippen molar-refractivity contribution in [2.45, 2.75) is 24.5 Å². The first-order valence-corrected chi connectivity index (χ1v) is 15.9. The molecule has 0 N–H and O–H groups in total. The van der Waals surface area contributed by atoms with Crippen molar-refractivity contribution in [3.8, 4) is 11.5 Å². The molecular formula is C30H33N3O6S2. The Labute approximate surface area is 242 Å². The Morgan fingerprint density at radius 1 is 0.683 bits per heavy atom. The minimum atomic E-state index is -4.52. The van der Waals surface area contributed by atoms with E-state index < -0.39 is 32.3 Å². The average molecular weight is 596 g/mol. The first-order valence-electron chi connectivity index (χ1n) is 12.9. The lowest BCUT2D eigenvalue weighted by Gasteiger charge is -2.26. The quantitative estimate of drug-likeness (QED) is 0.212. The van der Waals surface area contributed by atoms with E-state index in [2.05, 4.69) is 4.98 Å². The Kier molecular flexibility index (Phi) is 10.1. The molecule has 0 unspecified atom stereocenters. The van der Waals surface area contributed by atoms with Crippen LogP contribution >= 0.6 is 0 Å². The number of benzene rings is 3. The third-order valence-corrected chi connectivity index (χ3v) is 10.7. The summed E-state index contributed by atoms with van der Waals surface area (Å²) in [6, 6.07) is 26.7. The smallest absolute Gasteiger partial charge is 0.256 e. The molecule has 4 rings (SSSR count). The molecule has 11 heteroatoms. The van der Waals surface area contributed by atoms with Gasteiger partial charge in [-0.2, -0.15) is 0 Å². The van der Waals surface area contributed by atoms with Gasteiger partial charge in [0.25, 0.3) is 10.0 Å². The van der Waals surface area contributed by atoms with Crippen LogP contribution in [-0.2, 0) is 39.7 Å². The van der Waals surface area contributed by atoms with Gasteiger partial charge in [-0.1, -0.05) is 70.4 Å². The standard InChI is InChI=1S/C30H33N3O6S2/c1-38-29-16-15-28(20-30(29)39-2)41(36,37)33(24-27-14-9-17-31-21-27)40(34,35)19-18-32(22-25-10-5-3-6-11-25)23-26-12-7-4-8-13-26/h3-17,20-21H,18-19,22-24H2,1-2H3. The summed E-state index contributed by atoms with van der Waals surface area (Å²) in [4.78, 5) is 5.80. The van der Waals surface area contributed by atoms with Crippen LogP contribution in [0.15, 0.2) is 108 Å². The number of ether oxygens (including phenoxy) is 2. The van der Waals surface area contributed by atoms with Crippen LogP contribution in [0.5, 0.6) is 11.5 Å². The summed E-state index contributed by atoms with van der Waals surface area (Å²) >= 11 is 0. The second-order valence-corrected chi connectivity index (χ2v) is 13.4. The van der Waals surface area contributed by atoms with E-state index in [0.717, 1.165) is 11.1 Å². The first kappa shape index (κ1) is 30.2. The van der Waals surface area contributed by atoms with Crippen LogP contribution in [-0.4, -0.2) is 56.9 Å². The van der Waals surface area contributed by atoms with Crippen molar-refractivity contribution in [3.05, 3.63) is 120 Å². The van der Waals surface area contributed by atoms with Gasteiger partial charge in [0.15, 0.2) is 11.5 Å². The number of hydrogen-bond acceptors (Lipinski definition) is 8. The van der Waals surface area contributed by atoms with E-state index in [1.165, 1.54) is 44.8 Å². The second kappa shape index (κ2) is 13.7. The Morgan fingerprint density at radius 2 is 1.27 bits per heavy atom. The molecule has 3 aromatic carbocycles. The van der Waals surface area contributed by atoms with E-state index in [1.807, 2.05) is 65.6 Å². The van der Waals surface area contributed by atoms with E-state index in [9.17, 15) is 16.8 Å². The molecule has 0 atom stereocenters. The molecule has 0 amide bonds. The van der Waals surface area contributed by atoms with Crippen LogP contribution in [0.4, 0.5) is 0 Å². The Hall–Kier alpha value is -3.77. The average Bonchev–Trinajstić information content (AvgIpc) is 2.99. The molecule has 0 aliphatic carbocycles. The maximum absolute atomic E-state index is 13.9. The van der Waals surface area contributed by atoms with Crippen LogP contribution in [0, 0.1) is 0 Å².